The van der Waals surface area contributed by atoms with Crippen LogP contribution in [0.2, 0.25) is 10.0 Å². The summed E-state index contributed by atoms with van der Waals surface area (Å²) in [5, 5.41) is 12.3. The Labute approximate surface area is 176 Å². The molecule has 4 N–H and O–H groups in total. The average molecular weight is 437 g/mol. The zero-order chi connectivity index (χ0) is 21.0. The Morgan fingerprint density at radius 1 is 1.14 bits per heavy atom. The lowest BCUT2D eigenvalue weighted by molar-refractivity contribution is 0.101. The third-order valence-electron chi connectivity index (χ3n) is 4.11. The smallest absolute Gasteiger partial charge is 0.316 e. The van der Waals surface area contributed by atoms with Gasteiger partial charge in [-0.25, -0.2) is 4.79 Å². The first-order valence-corrected chi connectivity index (χ1v) is 9.52. The summed E-state index contributed by atoms with van der Waals surface area (Å²) in [5.74, 6) is -0.155. The summed E-state index contributed by atoms with van der Waals surface area (Å²) in [6.45, 7) is 0.517. The minimum absolute atomic E-state index is 0.0975. The maximum absolute atomic E-state index is 13.0. The summed E-state index contributed by atoms with van der Waals surface area (Å²) in [7, 11) is 0. The molecule has 0 saturated heterocycles. The van der Waals surface area contributed by atoms with E-state index in [0.29, 0.717) is 41.2 Å². The second-order valence-corrected chi connectivity index (χ2v) is 7.03. The van der Waals surface area contributed by atoms with Crippen molar-refractivity contribution in [3.05, 3.63) is 57.8 Å². The predicted octanol–water partition coefficient (Wildman–Crippen LogP) is 4.61. The van der Waals surface area contributed by atoms with E-state index in [0.717, 1.165) is 0 Å². The van der Waals surface area contributed by atoms with Gasteiger partial charge in [0, 0.05) is 28.6 Å². The number of amides is 2. The van der Waals surface area contributed by atoms with Crippen molar-refractivity contribution >= 4 is 51.7 Å². The number of urea groups is 1. The molecule has 1 heterocycles. The highest BCUT2D eigenvalue weighted by Gasteiger charge is 2.25. The molecule has 3 rings (SSSR count). The van der Waals surface area contributed by atoms with Gasteiger partial charge >= 0.3 is 6.03 Å². The molecule has 3 aromatic rings. The Balaban J connectivity index is 2.01. The summed E-state index contributed by atoms with van der Waals surface area (Å²) in [6, 6.07) is 8.58. The number of carbonyl (C=O) groups is 2. The monoisotopic (exact) mass is 436 g/mol. The normalized spacial score (nSPS) is 10.9. The first kappa shape index (κ1) is 21.0. The van der Waals surface area contributed by atoms with Gasteiger partial charge in [-0.15, -0.1) is 0 Å². The molecule has 0 aliphatic carbocycles. The van der Waals surface area contributed by atoms with Crippen LogP contribution in [0.3, 0.4) is 0 Å². The van der Waals surface area contributed by atoms with Gasteiger partial charge in [0.25, 0.3) is 0 Å². The number of ketones is 1. The molecule has 0 radical (unpaired) electrons. The van der Waals surface area contributed by atoms with Crippen molar-refractivity contribution in [2.45, 2.75) is 12.8 Å². The lowest BCUT2D eigenvalue weighted by atomic mass is 10.1. The quantitative estimate of drug-likeness (QED) is 0.352. The fraction of sp³-hybridized carbons (Fsp3) is 0.200. The van der Waals surface area contributed by atoms with Crippen LogP contribution in [0, 0.1) is 0 Å². The molecule has 0 saturated carbocycles. The number of furan rings is 1. The molecule has 2 aromatic carbocycles. The van der Waals surface area contributed by atoms with Crippen molar-refractivity contribution in [2.24, 2.45) is 5.73 Å². The molecule has 7 nitrogen and oxygen atoms in total. The Kier molecular flexibility index (Phi) is 6.64. The van der Waals surface area contributed by atoms with Gasteiger partial charge in [0.1, 0.15) is 17.0 Å². The van der Waals surface area contributed by atoms with Crippen molar-refractivity contribution in [3.8, 4) is 5.75 Å². The molecule has 0 atom stereocenters. The van der Waals surface area contributed by atoms with Crippen LogP contribution in [0.15, 0.2) is 40.8 Å². The van der Waals surface area contributed by atoms with E-state index < -0.39 is 11.8 Å². The maximum Gasteiger partial charge on any atom is 0.316 e. The number of aliphatic hydroxyl groups excluding tert-OH is 1. The topological polar surface area (TPSA) is 115 Å². The minimum Gasteiger partial charge on any atom is -0.493 e. The number of hydrogen-bond donors (Lipinski definition) is 3. The van der Waals surface area contributed by atoms with E-state index in [2.05, 4.69) is 5.32 Å². The summed E-state index contributed by atoms with van der Waals surface area (Å²) >= 11 is 12.1. The molecular formula is C20H18Cl2N2O5. The number of hydrogen-bond acceptors (Lipinski definition) is 5. The van der Waals surface area contributed by atoms with Gasteiger partial charge in [0.05, 0.1) is 11.6 Å². The van der Waals surface area contributed by atoms with Crippen LogP contribution in [0.4, 0.5) is 10.5 Å². The SMILES string of the molecule is NC(=O)Nc1c(C(=O)c2cc(Cl)ccc2Cl)oc2cc(OCCCCO)ccc12. The van der Waals surface area contributed by atoms with Gasteiger partial charge in [0.15, 0.2) is 5.76 Å². The lowest BCUT2D eigenvalue weighted by Gasteiger charge is -2.06. The van der Waals surface area contributed by atoms with Crippen LogP contribution in [0.25, 0.3) is 11.0 Å². The van der Waals surface area contributed by atoms with Gasteiger partial charge in [-0.05, 0) is 43.2 Å². The minimum atomic E-state index is -0.844. The number of fused-ring (bicyclic) bond motifs is 1. The number of nitrogens with one attached hydrogen (secondary N) is 1. The van der Waals surface area contributed by atoms with E-state index in [1.807, 2.05) is 0 Å². The van der Waals surface area contributed by atoms with Crippen molar-refractivity contribution in [1.82, 2.24) is 0 Å². The number of nitrogens with two attached hydrogens (primary N) is 1. The van der Waals surface area contributed by atoms with Gasteiger partial charge < -0.3 is 25.3 Å². The van der Waals surface area contributed by atoms with Crippen LogP contribution in [-0.2, 0) is 0 Å². The Bertz CT molecular complexity index is 1060. The molecule has 152 valence electrons. The second kappa shape index (κ2) is 9.17. The van der Waals surface area contributed by atoms with Gasteiger partial charge in [-0.2, -0.15) is 0 Å². The number of primary amides is 1. The maximum atomic E-state index is 13.0. The summed E-state index contributed by atoms with van der Waals surface area (Å²) < 4.78 is 11.4. The molecule has 0 bridgehead atoms. The molecule has 0 unspecified atom stereocenters. The zero-order valence-corrected chi connectivity index (χ0v) is 16.7. The Morgan fingerprint density at radius 2 is 1.93 bits per heavy atom. The zero-order valence-electron chi connectivity index (χ0n) is 15.2. The summed E-state index contributed by atoms with van der Waals surface area (Å²) in [4.78, 5) is 24.5. The largest absolute Gasteiger partial charge is 0.493 e. The standard InChI is InChI=1S/C20H18Cl2N2O5/c21-11-3-6-15(22)14(9-11)18(26)19-17(24-20(23)27)13-5-4-12(10-16(13)29-19)28-8-2-1-7-25/h3-6,9-10,25H,1-2,7-8H2,(H3,23,24,27). The van der Waals surface area contributed by atoms with Crippen molar-refractivity contribution in [2.75, 3.05) is 18.5 Å². The summed E-state index contributed by atoms with van der Waals surface area (Å²) in [6.07, 6.45) is 1.33. The van der Waals surface area contributed by atoms with Gasteiger partial charge in [-0.1, -0.05) is 23.2 Å². The number of aliphatic hydroxyl groups is 1. The number of unbranched alkanes of at least 4 members (excludes halogenated alkanes) is 1. The van der Waals surface area contributed by atoms with Crippen LogP contribution in [0.5, 0.6) is 5.75 Å². The Hall–Kier alpha value is -2.74. The highest BCUT2D eigenvalue weighted by Crippen LogP contribution is 2.36. The highest BCUT2D eigenvalue weighted by molar-refractivity contribution is 6.37. The fourth-order valence-electron chi connectivity index (χ4n) is 2.77. The molecule has 0 aliphatic rings. The van der Waals surface area contributed by atoms with Gasteiger partial charge in [-0.3, -0.25) is 4.79 Å². The highest BCUT2D eigenvalue weighted by atomic mass is 35.5. The van der Waals surface area contributed by atoms with Crippen LogP contribution in [-0.4, -0.2) is 30.1 Å². The van der Waals surface area contributed by atoms with Crippen molar-refractivity contribution in [3.63, 3.8) is 0 Å². The van der Waals surface area contributed by atoms with Crippen molar-refractivity contribution in [1.29, 1.82) is 0 Å². The summed E-state index contributed by atoms with van der Waals surface area (Å²) in [5.41, 5.74) is 5.86. The van der Waals surface area contributed by atoms with Crippen LogP contribution >= 0.6 is 23.2 Å². The Morgan fingerprint density at radius 3 is 2.66 bits per heavy atom. The molecule has 0 fully saturated rings. The second-order valence-electron chi connectivity index (χ2n) is 6.19. The van der Waals surface area contributed by atoms with E-state index >= 15 is 0 Å². The first-order valence-electron chi connectivity index (χ1n) is 8.77. The number of halogens is 2. The van der Waals surface area contributed by atoms with E-state index in [1.54, 1.807) is 24.3 Å². The molecular weight excluding hydrogens is 419 g/mol. The molecule has 2 amide bonds. The number of carbonyl (C=O) groups excluding carboxylic acids is 2. The molecule has 1 aromatic heterocycles. The molecule has 0 spiro atoms. The average Bonchev–Trinajstić information content (AvgIpc) is 3.03. The third kappa shape index (κ3) is 4.82. The van der Waals surface area contributed by atoms with Crippen molar-refractivity contribution < 1.29 is 23.8 Å². The molecule has 29 heavy (non-hydrogen) atoms. The number of benzene rings is 2. The van der Waals surface area contributed by atoms with E-state index in [9.17, 15) is 9.59 Å². The van der Waals surface area contributed by atoms with Crippen LogP contribution < -0.4 is 15.8 Å². The van der Waals surface area contributed by atoms with Gasteiger partial charge in [0.2, 0.25) is 5.78 Å². The van der Waals surface area contributed by atoms with E-state index in [-0.39, 0.29) is 28.6 Å². The lowest BCUT2D eigenvalue weighted by Crippen LogP contribution is -2.20. The fourth-order valence-corrected chi connectivity index (χ4v) is 3.15. The third-order valence-corrected chi connectivity index (χ3v) is 4.67. The van der Waals surface area contributed by atoms with Crippen LogP contribution in [0.1, 0.15) is 29.0 Å². The van der Waals surface area contributed by atoms with E-state index in [1.165, 1.54) is 12.1 Å². The first-order chi connectivity index (χ1) is 13.9. The van der Waals surface area contributed by atoms with E-state index in [4.69, 9.17) is 43.2 Å². The number of anilines is 1. The molecule has 0 aliphatic heterocycles. The predicted molar refractivity (Wildman–Crippen MR) is 111 cm³/mol. The molecule has 9 heteroatoms. The number of ether oxygens (including phenoxy) is 1. The number of rotatable bonds is 8.